The number of aromatic nitrogens is 2. The number of nitrogens with zero attached hydrogens (tertiary/aromatic N) is 1. The van der Waals surface area contributed by atoms with Crippen LogP contribution in [0.5, 0.6) is 0 Å². The Morgan fingerprint density at radius 3 is 2.71 bits per heavy atom. The van der Waals surface area contributed by atoms with Crippen molar-refractivity contribution in [2.75, 3.05) is 6.54 Å². The van der Waals surface area contributed by atoms with Gasteiger partial charge in [0.05, 0.1) is 15.9 Å². The summed E-state index contributed by atoms with van der Waals surface area (Å²) in [5.74, 6) is 0. The van der Waals surface area contributed by atoms with Gasteiger partial charge in [-0.15, -0.1) is 0 Å². The molecule has 4 N–H and O–H groups in total. The second-order valence-corrected chi connectivity index (χ2v) is 7.43. The van der Waals surface area contributed by atoms with E-state index in [1.54, 1.807) is 6.07 Å². The number of nitrogens with one attached hydrogen (secondary N) is 2. The number of sulfonamides is 1. The van der Waals surface area contributed by atoms with Crippen LogP contribution in [0.15, 0.2) is 27.9 Å². The fraction of sp³-hybridized carbons (Fsp3) is 0.462. The minimum atomic E-state index is -3.58. The fourth-order valence-electron chi connectivity index (χ4n) is 2.85. The summed E-state index contributed by atoms with van der Waals surface area (Å²) in [6, 6.07) is 4.53. The number of rotatable bonds is 2. The average molecular weight is 310 g/mol. The summed E-state index contributed by atoms with van der Waals surface area (Å²) in [6.07, 6.45) is 1.31. The third kappa shape index (κ3) is 2.50. The third-order valence-electron chi connectivity index (χ3n) is 3.95. The topological polar surface area (TPSA) is 112 Å². The van der Waals surface area contributed by atoms with Gasteiger partial charge in [-0.25, -0.2) is 13.2 Å². The first-order valence-corrected chi connectivity index (χ1v) is 8.31. The Morgan fingerprint density at radius 1 is 1.29 bits per heavy atom. The van der Waals surface area contributed by atoms with Crippen molar-refractivity contribution < 1.29 is 8.42 Å². The molecule has 1 fully saturated rings. The molecule has 3 rings (SSSR count). The maximum Gasteiger partial charge on any atom is 0.323 e. The lowest BCUT2D eigenvalue weighted by Crippen LogP contribution is -2.48. The van der Waals surface area contributed by atoms with Gasteiger partial charge in [0, 0.05) is 18.6 Å². The Labute approximate surface area is 122 Å². The van der Waals surface area contributed by atoms with Crippen LogP contribution in [-0.2, 0) is 10.0 Å². The number of fused-ring (bicyclic) bond motifs is 1. The van der Waals surface area contributed by atoms with Crippen LogP contribution in [0.25, 0.3) is 11.0 Å². The second kappa shape index (κ2) is 4.97. The molecule has 0 radical (unpaired) electrons. The number of benzene rings is 1. The number of piperidine rings is 1. The van der Waals surface area contributed by atoms with Gasteiger partial charge in [-0.1, -0.05) is 0 Å². The van der Waals surface area contributed by atoms with E-state index in [0.717, 1.165) is 0 Å². The predicted octanol–water partition coefficient (Wildman–Crippen LogP) is 0.356. The van der Waals surface area contributed by atoms with E-state index in [9.17, 15) is 13.2 Å². The lowest BCUT2D eigenvalue weighted by molar-refractivity contribution is 0.247. The zero-order chi connectivity index (χ0) is 15.2. The maximum absolute atomic E-state index is 12.7. The van der Waals surface area contributed by atoms with Crippen LogP contribution in [0, 0.1) is 0 Å². The molecule has 1 saturated heterocycles. The first-order chi connectivity index (χ1) is 9.88. The Hall–Kier alpha value is -1.64. The average Bonchev–Trinajstić information content (AvgIpc) is 2.77. The molecule has 2 aromatic rings. The van der Waals surface area contributed by atoms with Gasteiger partial charge in [-0.3, -0.25) is 0 Å². The molecule has 1 aromatic carbocycles. The highest BCUT2D eigenvalue weighted by Crippen LogP contribution is 2.25. The summed E-state index contributed by atoms with van der Waals surface area (Å²) in [4.78, 5) is 16.6. The van der Waals surface area contributed by atoms with Crippen LogP contribution in [-0.4, -0.2) is 41.3 Å². The number of hydrogen-bond donors (Lipinski definition) is 3. The third-order valence-corrected chi connectivity index (χ3v) is 5.96. The maximum atomic E-state index is 12.7. The molecule has 0 amide bonds. The van der Waals surface area contributed by atoms with Gasteiger partial charge >= 0.3 is 5.69 Å². The molecular weight excluding hydrogens is 292 g/mol. The van der Waals surface area contributed by atoms with Crippen molar-refractivity contribution >= 4 is 21.1 Å². The molecular formula is C13H18N4O3S. The van der Waals surface area contributed by atoms with Gasteiger partial charge in [-0.05, 0) is 38.0 Å². The van der Waals surface area contributed by atoms with Crippen molar-refractivity contribution in [1.29, 1.82) is 0 Å². The summed E-state index contributed by atoms with van der Waals surface area (Å²) < 4.78 is 27.0. The van der Waals surface area contributed by atoms with E-state index in [1.807, 2.05) is 6.92 Å². The van der Waals surface area contributed by atoms with E-state index >= 15 is 0 Å². The van der Waals surface area contributed by atoms with Crippen LogP contribution in [0.2, 0.25) is 0 Å². The van der Waals surface area contributed by atoms with Crippen molar-refractivity contribution in [3.63, 3.8) is 0 Å². The highest BCUT2D eigenvalue weighted by atomic mass is 32.2. The fourth-order valence-corrected chi connectivity index (χ4v) is 4.53. The minimum Gasteiger partial charge on any atom is -0.328 e. The molecule has 0 saturated carbocycles. The van der Waals surface area contributed by atoms with E-state index < -0.39 is 10.0 Å². The molecule has 2 atom stereocenters. The zero-order valence-electron chi connectivity index (χ0n) is 11.7. The van der Waals surface area contributed by atoms with Gasteiger partial charge in [0.2, 0.25) is 10.0 Å². The van der Waals surface area contributed by atoms with Crippen molar-refractivity contribution in [2.45, 2.75) is 36.7 Å². The van der Waals surface area contributed by atoms with E-state index in [0.29, 0.717) is 30.4 Å². The van der Waals surface area contributed by atoms with Gasteiger partial charge in [0.15, 0.2) is 0 Å². The van der Waals surface area contributed by atoms with Crippen molar-refractivity contribution in [2.24, 2.45) is 5.73 Å². The number of hydrogen-bond acceptors (Lipinski definition) is 4. The standard InChI is InChI=1S/C13H18N4O3S/c1-8-6-9(14)4-5-17(8)21(19,20)10-2-3-11-12(7-10)16-13(18)15-11/h2-3,7-9H,4-6,14H2,1H3,(H2,15,16,18). The lowest BCUT2D eigenvalue weighted by atomic mass is 10.0. The molecule has 1 aliphatic rings. The Bertz CT molecular complexity index is 823. The molecule has 0 spiro atoms. The highest BCUT2D eigenvalue weighted by Gasteiger charge is 2.33. The molecule has 114 valence electrons. The summed E-state index contributed by atoms with van der Waals surface area (Å²) in [7, 11) is -3.58. The zero-order valence-corrected chi connectivity index (χ0v) is 12.5. The number of imidazole rings is 1. The molecule has 8 heteroatoms. The monoisotopic (exact) mass is 310 g/mol. The van der Waals surface area contributed by atoms with Crippen molar-refractivity contribution in [3.8, 4) is 0 Å². The Morgan fingerprint density at radius 2 is 2.00 bits per heavy atom. The minimum absolute atomic E-state index is 0.0509. The van der Waals surface area contributed by atoms with Crippen molar-refractivity contribution in [3.05, 3.63) is 28.7 Å². The van der Waals surface area contributed by atoms with Crippen molar-refractivity contribution in [1.82, 2.24) is 14.3 Å². The van der Waals surface area contributed by atoms with Crippen LogP contribution in [0.3, 0.4) is 0 Å². The number of H-pyrrole nitrogens is 2. The smallest absolute Gasteiger partial charge is 0.323 e. The molecule has 2 unspecified atom stereocenters. The summed E-state index contributed by atoms with van der Waals surface area (Å²) in [5.41, 5.74) is 6.61. The van der Waals surface area contributed by atoms with Crippen LogP contribution in [0.4, 0.5) is 0 Å². The normalized spacial score (nSPS) is 24.5. The van der Waals surface area contributed by atoms with E-state index in [4.69, 9.17) is 5.73 Å². The molecule has 1 aliphatic heterocycles. The molecule has 1 aromatic heterocycles. The molecule has 21 heavy (non-hydrogen) atoms. The molecule has 2 heterocycles. The molecule has 7 nitrogen and oxygen atoms in total. The number of aromatic amines is 2. The number of nitrogens with two attached hydrogens (primary N) is 1. The summed E-state index contributed by atoms with van der Waals surface area (Å²) in [6.45, 7) is 2.29. The van der Waals surface area contributed by atoms with E-state index in [-0.39, 0.29) is 22.7 Å². The van der Waals surface area contributed by atoms with Gasteiger partial charge in [-0.2, -0.15) is 4.31 Å². The quantitative estimate of drug-likeness (QED) is 0.743. The van der Waals surface area contributed by atoms with E-state index in [1.165, 1.54) is 16.4 Å². The van der Waals surface area contributed by atoms with Crippen LogP contribution in [0.1, 0.15) is 19.8 Å². The first-order valence-electron chi connectivity index (χ1n) is 6.87. The summed E-state index contributed by atoms with van der Waals surface area (Å²) in [5, 5.41) is 0. The predicted molar refractivity (Wildman–Crippen MR) is 79.5 cm³/mol. The lowest BCUT2D eigenvalue weighted by Gasteiger charge is -2.35. The van der Waals surface area contributed by atoms with Crippen LogP contribution < -0.4 is 11.4 Å². The van der Waals surface area contributed by atoms with Gasteiger partial charge in [0.1, 0.15) is 0 Å². The Balaban J connectivity index is 2.01. The largest absolute Gasteiger partial charge is 0.328 e. The highest BCUT2D eigenvalue weighted by molar-refractivity contribution is 7.89. The SMILES string of the molecule is CC1CC(N)CCN1S(=O)(=O)c1ccc2[nH]c(=O)[nH]c2c1. The summed E-state index contributed by atoms with van der Waals surface area (Å²) >= 11 is 0. The Kier molecular flexibility index (Phi) is 3.39. The first kappa shape index (κ1) is 14.3. The van der Waals surface area contributed by atoms with Gasteiger partial charge < -0.3 is 15.7 Å². The van der Waals surface area contributed by atoms with E-state index in [2.05, 4.69) is 9.97 Å². The molecule has 0 aliphatic carbocycles. The molecule has 0 bridgehead atoms. The van der Waals surface area contributed by atoms with Gasteiger partial charge in [0.25, 0.3) is 0 Å². The van der Waals surface area contributed by atoms with Crippen LogP contribution >= 0.6 is 0 Å². The second-order valence-electron chi connectivity index (χ2n) is 5.54.